The molecule has 0 aliphatic carbocycles. The molecule has 1 aromatic rings. The van der Waals surface area contributed by atoms with E-state index in [9.17, 15) is 0 Å². The molecule has 1 aliphatic heterocycles. The van der Waals surface area contributed by atoms with Crippen molar-refractivity contribution in [2.24, 2.45) is 0 Å². The molecule has 0 amide bonds. The van der Waals surface area contributed by atoms with Crippen molar-refractivity contribution in [1.82, 2.24) is 10.2 Å². The van der Waals surface area contributed by atoms with E-state index in [1.54, 1.807) is 0 Å². The van der Waals surface area contributed by atoms with Crippen molar-refractivity contribution in [1.29, 1.82) is 0 Å². The SMILES string of the molecule is CCCNCc1oc(CN(C)C2CCOC2)cc1C. The van der Waals surface area contributed by atoms with Crippen LogP contribution in [0.5, 0.6) is 0 Å². The predicted octanol–water partition coefficient (Wildman–Crippen LogP) is 2.31. The highest BCUT2D eigenvalue weighted by Crippen LogP contribution is 2.19. The Kier molecular flexibility index (Phi) is 5.43. The summed E-state index contributed by atoms with van der Waals surface area (Å²) < 4.78 is 11.4. The van der Waals surface area contributed by atoms with Gasteiger partial charge in [-0.25, -0.2) is 0 Å². The second kappa shape index (κ2) is 7.08. The molecule has 0 bridgehead atoms. The first-order chi connectivity index (χ1) is 9.20. The van der Waals surface area contributed by atoms with E-state index in [1.807, 2.05) is 0 Å². The first-order valence-corrected chi connectivity index (χ1v) is 7.27. The first-order valence-electron chi connectivity index (χ1n) is 7.27. The van der Waals surface area contributed by atoms with Gasteiger partial charge in [0.15, 0.2) is 0 Å². The number of hydrogen-bond acceptors (Lipinski definition) is 4. The molecule has 0 aromatic carbocycles. The van der Waals surface area contributed by atoms with E-state index in [2.05, 4.69) is 37.2 Å². The van der Waals surface area contributed by atoms with Gasteiger partial charge < -0.3 is 14.5 Å². The van der Waals surface area contributed by atoms with Crippen molar-refractivity contribution in [2.75, 3.05) is 26.8 Å². The smallest absolute Gasteiger partial charge is 0.120 e. The average Bonchev–Trinajstić information content (AvgIpc) is 3.00. The van der Waals surface area contributed by atoms with Crippen LogP contribution in [0.3, 0.4) is 0 Å². The molecule has 2 heterocycles. The van der Waals surface area contributed by atoms with E-state index in [-0.39, 0.29) is 0 Å². The fraction of sp³-hybridized carbons (Fsp3) is 0.733. The molecule has 1 aliphatic rings. The van der Waals surface area contributed by atoms with Crippen LogP contribution in [-0.2, 0) is 17.8 Å². The second-order valence-corrected chi connectivity index (χ2v) is 5.43. The van der Waals surface area contributed by atoms with Gasteiger partial charge in [-0.2, -0.15) is 0 Å². The Labute approximate surface area is 116 Å². The molecule has 108 valence electrons. The lowest BCUT2D eigenvalue weighted by atomic mass is 10.2. The lowest BCUT2D eigenvalue weighted by molar-refractivity contribution is 0.151. The van der Waals surface area contributed by atoms with Gasteiger partial charge in [-0.15, -0.1) is 0 Å². The number of nitrogens with zero attached hydrogens (tertiary/aromatic N) is 1. The zero-order chi connectivity index (χ0) is 13.7. The molecular formula is C15H26N2O2. The van der Waals surface area contributed by atoms with E-state index >= 15 is 0 Å². The number of ether oxygens (including phenoxy) is 1. The summed E-state index contributed by atoms with van der Waals surface area (Å²) in [6.45, 7) is 8.76. The van der Waals surface area contributed by atoms with E-state index in [0.717, 1.165) is 57.2 Å². The zero-order valence-corrected chi connectivity index (χ0v) is 12.4. The number of likely N-dealkylation sites (N-methyl/N-ethyl adjacent to an activating group) is 1. The van der Waals surface area contributed by atoms with Crippen LogP contribution in [-0.4, -0.2) is 37.7 Å². The topological polar surface area (TPSA) is 37.6 Å². The van der Waals surface area contributed by atoms with Gasteiger partial charge in [-0.1, -0.05) is 6.92 Å². The van der Waals surface area contributed by atoms with Gasteiger partial charge >= 0.3 is 0 Å². The molecule has 1 fully saturated rings. The van der Waals surface area contributed by atoms with Crippen molar-refractivity contribution < 1.29 is 9.15 Å². The average molecular weight is 266 g/mol. The van der Waals surface area contributed by atoms with Gasteiger partial charge in [0, 0.05) is 12.6 Å². The lowest BCUT2D eigenvalue weighted by Gasteiger charge is -2.21. The normalized spacial score (nSPS) is 19.5. The van der Waals surface area contributed by atoms with Crippen molar-refractivity contribution in [3.8, 4) is 0 Å². The van der Waals surface area contributed by atoms with Crippen LogP contribution < -0.4 is 5.32 Å². The van der Waals surface area contributed by atoms with E-state index in [0.29, 0.717) is 6.04 Å². The summed E-state index contributed by atoms with van der Waals surface area (Å²) in [5, 5.41) is 3.39. The predicted molar refractivity (Wildman–Crippen MR) is 76.1 cm³/mol. The third kappa shape index (κ3) is 4.06. The molecule has 1 N–H and O–H groups in total. The van der Waals surface area contributed by atoms with E-state index in [1.165, 1.54) is 5.56 Å². The van der Waals surface area contributed by atoms with E-state index < -0.39 is 0 Å². The largest absolute Gasteiger partial charge is 0.463 e. The minimum Gasteiger partial charge on any atom is -0.463 e. The summed E-state index contributed by atoms with van der Waals surface area (Å²) >= 11 is 0. The Morgan fingerprint density at radius 1 is 1.47 bits per heavy atom. The third-order valence-electron chi connectivity index (χ3n) is 3.72. The minimum absolute atomic E-state index is 0.534. The third-order valence-corrected chi connectivity index (χ3v) is 3.72. The summed E-state index contributed by atoms with van der Waals surface area (Å²) in [5.74, 6) is 2.12. The van der Waals surface area contributed by atoms with Gasteiger partial charge in [0.25, 0.3) is 0 Å². The maximum Gasteiger partial charge on any atom is 0.120 e. The number of nitrogens with one attached hydrogen (secondary N) is 1. The number of furan rings is 1. The van der Waals surface area contributed by atoms with Crippen LogP contribution in [0, 0.1) is 6.92 Å². The van der Waals surface area contributed by atoms with Gasteiger partial charge in [0.1, 0.15) is 11.5 Å². The maximum atomic E-state index is 5.95. The highest BCUT2D eigenvalue weighted by Gasteiger charge is 2.21. The molecule has 19 heavy (non-hydrogen) atoms. The Morgan fingerprint density at radius 2 is 2.32 bits per heavy atom. The number of rotatable bonds is 7. The molecule has 2 rings (SSSR count). The van der Waals surface area contributed by atoms with Crippen molar-refractivity contribution >= 4 is 0 Å². The van der Waals surface area contributed by atoms with Crippen LogP contribution >= 0.6 is 0 Å². The Hall–Kier alpha value is -0.840. The van der Waals surface area contributed by atoms with Crippen molar-refractivity contribution in [3.63, 3.8) is 0 Å². The number of hydrogen-bond donors (Lipinski definition) is 1. The molecule has 1 unspecified atom stereocenters. The maximum absolute atomic E-state index is 5.95. The summed E-state index contributed by atoms with van der Waals surface area (Å²) in [6, 6.07) is 2.70. The molecule has 0 spiro atoms. The number of aryl methyl sites for hydroxylation is 1. The van der Waals surface area contributed by atoms with Crippen LogP contribution in [0.1, 0.15) is 36.8 Å². The second-order valence-electron chi connectivity index (χ2n) is 5.43. The van der Waals surface area contributed by atoms with Crippen molar-refractivity contribution in [2.45, 2.75) is 45.8 Å². The first kappa shape index (κ1) is 14.6. The highest BCUT2D eigenvalue weighted by molar-refractivity contribution is 5.20. The molecule has 4 nitrogen and oxygen atoms in total. The lowest BCUT2D eigenvalue weighted by Crippen LogP contribution is -2.31. The Bertz CT molecular complexity index is 383. The quantitative estimate of drug-likeness (QED) is 0.769. The van der Waals surface area contributed by atoms with Gasteiger partial charge in [-0.3, -0.25) is 4.90 Å². The van der Waals surface area contributed by atoms with Gasteiger partial charge in [-0.05, 0) is 45.0 Å². The molecule has 1 saturated heterocycles. The fourth-order valence-corrected chi connectivity index (χ4v) is 2.47. The molecular weight excluding hydrogens is 240 g/mol. The molecule has 4 heteroatoms. The molecule has 0 saturated carbocycles. The summed E-state index contributed by atoms with van der Waals surface area (Å²) in [4.78, 5) is 2.33. The Balaban J connectivity index is 1.87. The van der Waals surface area contributed by atoms with Gasteiger partial charge in [0.05, 0.1) is 19.7 Å². The van der Waals surface area contributed by atoms with Crippen LogP contribution in [0.2, 0.25) is 0 Å². The monoisotopic (exact) mass is 266 g/mol. The molecule has 0 radical (unpaired) electrons. The minimum atomic E-state index is 0.534. The summed E-state index contributed by atoms with van der Waals surface area (Å²) in [7, 11) is 2.15. The molecule has 1 aromatic heterocycles. The standard InChI is InChI=1S/C15H26N2O2/c1-4-6-16-9-15-12(2)8-14(19-15)10-17(3)13-5-7-18-11-13/h8,13,16H,4-7,9-11H2,1-3H3. The Morgan fingerprint density at radius 3 is 3.00 bits per heavy atom. The van der Waals surface area contributed by atoms with Crippen LogP contribution in [0.15, 0.2) is 10.5 Å². The zero-order valence-electron chi connectivity index (χ0n) is 12.4. The van der Waals surface area contributed by atoms with E-state index in [4.69, 9.17) is 9.15 Å². The van der Waals surface area contributed by atoms with Crippen LogP contribution in [0.25, 0.3) is 0 Å². The van der Waals surface area contributed by atoms with Gasteiger partial charge in [0.2, 0.25) is 0 Å². The fourth-order valence-electron chi connectivity index (χ4n) is 2.47. The highest BCUT2D eigenvalue weighted by atomic mass is 16.5. The van der Waals surface area contributed by atoms with Crippen LogP contribution in [0.4, 0.5) is 0 Å². The van der Waals surface area contributed by atoms with Crippen molar-refractivity contribution in [3.05, 3.63) is 23.2 Å². The summed E-state index contributed by atoms with van der Waals surface area (Å²) in [5.41, 5.74) is 1.25. The summed E-state index contributed by atoms with van der Waals surface area (Å²) in [6.07, 6.45) is 2.28. The molecule has 1 atom stereocenters.